The molecule has 1 amide bonds. The molecule has 1 aromatic heterocycles. The third-order valence-corrected chi connectivity index (χ3v) is 3.60. The highest BCUT2D eigenvalue weighted by molar-refractivity contribution is 7.13. The molecule has 0 aliphatic heterocycles. The Morgan fingerprint density at radius 1 is 1.30 bits per heavy atom. The van der Waals surface area contributed by atoms with E-state index in [1.165, 1.54) is 11.3 Å². The second-order valence-electron chi connectivity index (χ2n) is 3.94. The molecule has 20 heavy (non-hydrogen) atoms. The Bertz CT molecular complexity index is 625. The van der Waals surface area contributed by atoms with E-state index in [0.29, 0.717) is 10.0 Å². The maximum absolute atomic E-state index is 11.7. The smallest absolute Gasteiger partial charge is 0.305 e. The number of carboxylic acids is 1. The third kappa shape index (κ3) is 3.79. The highest BCUT2D eigenvalue weighted by atomic mass is 35.5. The lowest BCUT2D eigenvalue weighted by Crippen LogP contribution is -2.26. The fraction of sp³-hybridized carbons (Fsp3) is 0.154. The Morgan fingerprint density at radius 3 is 2.65 bits per heavy atom. The van der Waals surface area contributed by atoms with Gasteiger partial charge in [-0.05, 0) is 12.1 Å². The van der Waals surface area contributed by atoms with Crippen LogP contribution >= 0.6 is 22.9 Å². The van der Waals surface area contributed by atoms with Crippen LogP contribution in [0.5, 0.6) is 0 Å². The van der Waals surface area contributed by atoms with Crippen LogP contribution in [0.25, 0.3) is 10.6 Å². The normalized spacial score (nSPS) is 10.2. The van der Waals surface area contributed by atoms with Crippen LogP contribution in [-0.2, 0) is 4.79 Å². The van der Waals surface area contributed by atoms with Crippen molar-refractivity contribution in [3.05, 3.63) is 40.4 Å². The molecule has 0 saturated heterocycles. The summed E-state index contributed by atoms with van der Waals surface area (Å²) in [6, 6.07) is 7.16. The minimum Gasteiger partial charge on any atom is -0.481 e. The van der Waals surface area contributed by atoms with E-state index in [2.05, 4.69) is 10.3 Å². The number of halogens is 1. The number of rotatable bonds is 5. The van der Waals surface area contributed by atoms with E-state index in [-0.39, 0.29) is 24.6 Å². The number of aliphatic carboxylic acids is 1. The monoisotopic (exact) mass is 310 g/mol. The molecule has 7 heteroatoms. The predicted molar refractivity (Wildman–Crippen MR) is 77.1 cm³/mol. The van der Waals surface area contributed by atoms with Gasteiger partial charge < -0.3 is 10.4 Å². The molecule has 0 spiro atoms. The number of thiazole rings is 1. The Hall–Kier alpha value is -1.92. The van der Waals surface area contributed by atoms with Crippen molar-refractivity contribution in [3.8, 4) is 10.6 Å². The van der Waals surface area contributed by atoms with Gasteiger partial charge in [0.1, 0.15) is 10.7 Å². The Labute approximate surface area is 124 Å². The molecule has 0 fully saturated rings. The molecule has 1 heterocycles. The maximum atomic E-state index is 11.7. The molecule has 0 aliphatic carbocycles. The van der Waals surface area contributed by atoms with Crippen LogP contribution < -0.4 is 5.32 Å². The summed E-state index contributed by atoms with van der Waals surface area (Å²) in [5, 5.41) is 14.0. The van der Waals surface area contributed by atoms with Crippen LogP contribution in [0.1, 0.15) is 16.9 Å². The fourth-order valence-electron chi connectivity index (χ4n) is 1.48. The van der Waals surface area contributed by atoms with Gasteiger partial charge in [0, 0.05) is 22.5 Å². The number of carboxylic acid groups (broad SMARTS) is 1. The molecule has 104 valence electrons. The maximum Gasteiger partial charge on any atom is 0.305 e. The van der Waals surface area contributed by atoms with Crippen molar-refractivity contribution < 1.29 is 14.7 Å². The van der Waals surface area contributed by atoms with Gasteiger partial charge in [0.05, 0.1) is 6.42 Å². The first kappa shape index (κ1) is 14.5. The van der Waals surface area contributed by atoms with E-state index in [1.54, 1.807) is 17.5 Å². The molecule has 0 saturated carbocycles. The lowest BCUT2D eigenvalue weighted by atomic mass is 10.2. The summed E-state index contributed by atoms with van der Waals surface area (Å²) in [5.74, 6) is -1.33. The average molecular weight is 311 g/mol. The number of benzene rings is 1. The number of aromatic nitrogens is 1. The number of carbonyl (C=O) groups excluding carboxylic acids is 1. The standard InChI is InChI=1S/C13H11ClN2O3S/c14-9-3-1-8(2-4-9)13-16-10(7-20-13)12(19)15-6-5-11(17)18/h1-4,7H,5-6H2,(H,15,19)(H,17,18). The van der Waals surface area contributed by atoms with Gasteiger partial charge in [0.2, 0.25) is 0 Å². The van der Waals surface area contributed by atoms with Crippen molar-refractivity contribution >= 4 is 34.8 Å². The first-order valence-electron chi connectivity index (χ1n) is 5.78. The van der Waals surface area contributed by atoms with Crippen LogP contribution in [0.4, 0.5) is 0 Å². The summed E-state index contributed by atoms with van der Waals surface area (Å²) < 4.78 is 0. The molecule has 5 nitrogen and oxygen atoms in total. The number of hydrogen-bond donors (Lipinski definition) is 2. The first-order chi connectivity index (χ1) is 9.56. The quantitative estimate of drug-likeness (QED) is 0.890. The zero-order valence-corrected chi connectivity index (χ0v) is 11.9. The number of nitrogens with zero attached hydrogens (tertiary/aromatic N) is 1. The molecule has 0 aliphatic rings. The first-order valence-corrected chi connectivity index (χ1v) is 7.03. The Kier molecular flexibility index (Phi) is 4.70. The summed E-state index contributed by atoms with van der Waals surface area (Å²) in [6.45, 7) is 0.0853. The predicted octanol–water partition coefficient (Wildman–Crippen LogP) is 2.67. The van der Waals surface area contributed by atoms with Crippen LogP contribution in [-0.4, -0.2) is 28.5 Å². The van der Waals surface area contributed by atoms with Crippen LogP contribution in [0.15, 0.2) is 29.6 Å². The van der Waals surface area contributed by atoms with E-state index < -0.39 is 5.97 Å². The van der Waals surface area contributed by atoms with Gasteiger partial charge in [0.25, 0.3) is 5.91 Å². The molecule has 2 rings (SSSR count). The molecule has 2 aromatic rings. The van der Waals surface area contributed by atoms with E-state index in [9.17, 15) is 9.59 Å². The van der Waals surface area contributed by atoms with Gasteiger partial charge in [-0.2, -0.15) is 0 Å². The van der Waals surface area contributed by atoms with E-state index in [1.807, 2.05) is 12.1 Å². The Balaban J connectivity index is 2.03. The van der Waals surface area contributed by atoms with E-state index >= 15 is 0 Å². The topological polar surface area (TPSA) is 79.3 Å². The highest BCUT2D eigenvalue weighted by Crippen LogP contribution is 2.24. The molecular weight excluding hydrogens is 300 g/mol. The molecule has 0 bridgehead atoms. The summed E-state index contributed by atoms with van der Waals surface area (Å²) in [4.78, 5) is 26.3. The van der Waals surface area contributed by atoms with E-state index in [0.717, 1.165) is 5.56 Å². The summed E-state index contributed by atoms with van der Waals surface area (Å²) in [5.41, 5.74) is 1.16. The minimum atomic E-state index is -0.953. The zero-order valence-electron chi connectivity index (χ0n) is 10.3. The lowest BCUT2D eigenvalue weighted by molar-refractivity contribution is -0.136. The summed E-state index contributed by atoms with van der Waals surface area (Å²) in [7, 11) is 0. The van der Waals surface area contributed by atoms with Crippen LogP contribution in [0, 0.1) is 0 Å². The van der Waals surface area contributed by atoms with Crippen molar-refractivity contribution in [2.45, 2.75) is 6.42 Å². The van der Waals surface area contributed by atoms with Crippen LogP contribution in [0.3, 0.4) is 0 Å². The molecular formula is C13H11ClN2O3S. The second-order valence-corrected chi connectivity index (χ2v) is 5.24. The number of nitrogens with one attached hydrogen (secondary N) is 1. The number of amides is 1. The number of carbonyl (C=O) groups is 2. The van der Waals surface area contributed by atoms with Crippen LogP contribution in [0.2, 0.25) is 5.02 Å². The van der Waals surface area contributed by atoms with Gasteiger partial charge >= 0.3 is 5.97 Å². The minimum absolute atomic E-state index is 0.0853. The zero-order chi connectivity index (χ0) is 14.5. The van der Waals surface area contributed by atoms with Gasteiger partial charge in [-0.1, -0.05) is 23.7 Å². The summed E-state index contributed by atoms with van der Waals surface area (Å²) >= 11 is 7.15. The largest absolute Gasteiger partial charge is 0.481 e. The molecule has 0 radical (unpaired) electrons. The average Bonchev–Trinajstić information content (AvgIpc) is 2.88. The van der Waals surface area contributed by atoms with Gasteiger partial charge in [-0.15, -0.1) is 11.3 Å². The van der Waals surface area contributed by atoms with Gasteiger partial charge in [-0.3, -0.25) is 9.59 Å². The molecule has 0 atom stereocenters. The highest BCUT2D eigenvalue weighted by Gasteiger charge is 2.11. The second kappa shape index (κ2) is 6.49. The van der Waals surface area contributed by atoms with Crippen molar-refractivity contribution in [2.24, 2.45) is 0 Å². The summed E-state index contributed by atoms with van der Waals surface area (Å²) in [6.07, 6.45) is -0.111. The molecule has 2 N–H and O–H groups in total. The van der Waals surface area contributed by atoms with Crippen molar-refractivity contribution in [1.82, 2.24) is 10.3 Å². The van der Waals surface area contributed by atoms with Gasteiger partial charge in [-0.25, -0.2) is 4.98 Å². The lowest BCUT2D eigenvalue weighted by Gasteiger charge is -2.00. The Morgan fingerprint density at radius 2 is 2.00 bits per heavy atom. The molecule has 0 unspecified atom stereocenters. The van der Waals surface area contributed by atoms with Crippen molar-refractivity contribution in [1.29, 1.82) is 0 Å². The SMILES string of the molecule is O=C(O)CCNC(=O)c1csc(-c2ccc(Cl)cc2)n1. The number of hydrogen-bond acceptors (Lipinski definition) is 4. The van der Waals surface area contributed by atoms with E-state index in [4.69, 9.17) is 16.7 Å². The van der Waals surface area contributed by atoms with Crippen molar-refractivity contribution in [3.63, 3.8) is 0 Å². The van der Waals surface area contributed by atoms with Crippen molar-refractivity contribution in [2.75, 3.05) is 6.54 Å². The molecule has 1 aromatic carbocycles. The third-order valence-electron chi connectivity index (χ3n) is 2.45. The van der Waals surface area contributed by atoms with Gasteiger partial charge in [0.15, 0.2) is 0 Å². The fourth-order valence-corrected chi connectivity index (χ4v) is 2.41.